The fraction of sp³-hybridized carbons (Fsp3) is 0.882. The second kappa shape index (κ2) is 9.06. The van der Waals surface area contributed by atoms with Crippen LogP contribution >= 0.6 is 0 Å². The molecule has 0 radical (unpaired) electrons. The fourth-order valence-electron chi connectivity index (χ4n) is 3.51. The molecule has 1 fully saturated rings. The highest BCUT2D eigenvalue weighted by Gasteiger charge is 2.53. The predicted octanol–water partition coefficient (Wildman–Crippen LogP) is 3.87. The van der Waals surface area contributed by atoms with Gasteiger partial charge < -0.3 is 9.47 Å². The Bertz CT molecular complexity index is 312. The first-order valence-electron chi connectivity index (χ1n) is 8.47. The van der Waals surface area contributed by atoms with E-state index >= 15 is 0 Å². The van der Waals surface area contributed by atoms with Crippen LogP contribution in [0.4, 0.5) is 0 Å². The van der Waals surface area contributed by atoms with Gasteiger partial charge in [0.2, 0.25) is 0 Å². The summed E-state index contributed by atoms with van der Waals surface area (Å²) in [6.07, 6.45) is 7.65. The van der Waals surface area contributed by atoms with E-state index < -0.39 is 5.41 Å². The van der Waals surface area contributed by atoms with E-state index in [1.54, 1.807) is 13.8 Å². The standard InChI is InChI=1S/C17H30O4/c1-4-13-17(15(18)20-5-2,16(19)21-6-3)14-11-9-7-8-10-12-14/h14H,4-13H2,1-3H3. The van der Waals surface area contributed by atoms with Crippen LogP contribution in [-0.4, -0.2) is 25.2 Å². The number of carbonyl (C=O) groups is 2. The first-order valence-corrected chi connectivity index (χ1v) is 8.47. The van der Waals surface area contributed by atoms with Gasteiger partial charge in [0.05, 0.1) is 13.2 Å². The average Bonchev–Trinajstić information content (AvgIpc) is 2.74. The monoisotopic (exact) mass is 298 g/mol. The molecule has 0 aromatic rings. The second-order valence-electron chi connectivity index (χ2n) is 5.85. The summed E-state index contributed by atoms with van der Waals surface area (Å²) in [5.74, 6) is -0.701. The Morgan fingerprint density at radius 3 is 1.76 bits per heavy atom. The normalized spacial score (nSPS) is 17.1. The summed E-state index contributed by atoms with van der Waals surface area (Å²) in [6, 6.07) is 0. The van der Waals surface area contributed by atoms with E-state index in [4.69, 9.17) is 9.47 Å². The summed E-state index contributed by atoms with van der Waals surface area (Å²) in [5.41, 5.74) is -1.09. The lowest BCUT2D eigenvalue weighted by atomic mass is 9.68. The van der Waals surface area contributed by atoms with Crippen LogP contribution in [-0.2, 0) is 19.1 Å². The van der Waals surface area contributed by atoms with Crippen LogP contribution in [0.2, 0.25) is 0 Å². The van der Waals surface area contributed by atoms with Crippen molar-refractivity contribution in [1.82, 2.24) is 0 Å². The van der Waals surface area contributed by atoms with Gasteiger partial charge >= 0.3 is 11.9 Å². The molecule has 4 nitrogen and oxygen atoms in total. The van der Waals surface area contributed by atoms with Gasteiger partial charge in [-0.2, -0.15) is 0 Å². The molecule has 0 aliphatic heterocycles. The molecule has 0 N–H and O–H groups in total. The summed E-state index contributed by atoms with van der Waals surface area (Å²) in [5, 5.41) is 0. The molecular formula is C17H30O4. The number of ether oxygens (including phenoxy) is 2. The molecule has 0 amide bonds. The van der Waals surface area contributed by atoms with Gasteiger partial charge in [0.25, 0.3) is 0 Å². The topological polar surface area (TPSA) is 52.6 Å². The summed E-state index contributed by atoms with van der Waals surface area (Å²) >= 11 is 0. The third-order valence-corrected chi connectivity index (χ3v) is 4.48. The van der Waals surface area contributed by atoms with Crippen LogP contribution in [0.15, 0.2) is 0 Å². The molecule has 0 bridgehead atoms. The smallest absolute Gasteiger partial charge is 0.323 e. The fourth-order valence-corrected chi connectivity index (χ4v) is 3.51. The Kier molecular flexibility index (Phi) is 7.76. The van der Waals surface area contributed by atoms with Crippen molar-refractivity contribution < 1.29 is 19.1 Å². The van der Waals surface area contributed by atoms with E-state index in [1.165, 1.54) is 12.8 Å². The van der Waals surface area contributed by atoms with Gasteiger partial charge in [-0.25, -0.2) is 0 Å². The molecule has 0 aromatic heterocycles. The van der Waals surface area contributed by atoms with E-state index in [-0.39, 0.29) is 17.9 Å². The molecule has 122 valence electrons. The van der Waals surface area contributed by atoms with Crippen molar-refractivity contribution in [3.63, 3.8) is 0 Å². The largest absolute Gasteiger partial charge is 0.465 e. The Morgan fingerprint density at radius 1 is 0.905 bits per heavy atom. The van der Waals surface area contributed by atoms with Gasteiger partial charge in [-0.1, -0.05) is 39.0 Å². The number of hydrogen-bond donors (Lipinski definition) is 0. The molecule has 0 spiro atoms. The Labute approximate surface area is 128 Å². The van der Waals surface area contributed by atoms with Crippen molar-refractivity contribution in [3.05, 3.63) is 0 Å². The van der Waals surface area contributed by atoms with Gasteiger partial charge in [-0.05, 0) is 39.0 Å². The lowest BCUT2D eigenvalue weighted by molar-refractivity contribution is -0.178. The molecule has 0 atom stereocenters. The Balaban J connectivity index is 3.13. The number of rotatable bonds is 7. The highest BCUT2D eigenvalue weighted by molar-refractivity contribution is 6.00. The van der Waals surface area contributed by atoms with Crippen LogP contribution < -0.4 is 0 Å². The van der Waals surface area contributed by atoms with Gasteiger partial charge in [-0.15, -0.1) is 0 Å². The van der Waals surface area contributed by atoms with Gasteiger partial charge in [0.15, 0.2) is 5.41 Å². The van der Waals surface area contributed by atoms with Crippen LogP contribution in [0.1, 0.15) is 72.1 Å². The summed E-state index contributed by atoms with van der Waals surface area (Å²) in [7, 11) is 0. The summed E-state index contributed by atoms with van der Waals surface area (Å²) in [6.45, 7) is 6.18. The molecule has 1 aliphatic rings. The van der Waals surface area contributed by atoms with E-state index in [0.29, 0.717) is 19.6 Å². The van der Waals surface area contributed by atoms with Crippen LogP contribution in [0.5, 0.6) is 0 Å². The van der Waals surface area contributed by atoms with E-state index in [0.717, 1.165) is 32.1 Å². The lowest BCUT2D eigenvalue weighted by Gasteiger charge is -2.36. The maximum atomic E-state index is 12.7. The number of hydrogen-bond acceptors (Lipinski definition) is 4. The first kappa shape index (κ1) is 18.0. The SMILES string of the molecule is CCCC(C(=O)OCC)(C(=O)OCC)C1CCCCCC1. The maximum absolute atomic E-state index is 12.7. The molecule has 0 aromatic carbocycles. The summed E-state index contributed by atoms with van der Waals surface area (Å²) in [4.78, 5) is 25.3. The minimum atomic E-state index is -1.09. The predicted molar refractivity (Wildman–Crippen MR) is 81.8 cm³/mol. The van der Waals surface area contributed by atoms with Gasteiger partial charge in [-0.3, -0.25) is 9.59 Å². The van der Waals surface area contributed by atoms with E-state index in [2.05, 4.69) is 0 Å². The summed E-state index contributed by atoms with van der Waals surface area (Å²) < 4.78 is 10.6. The molecular weight excluding hydrogens is 268 g/mol. The third-order valence-electron chi connectivity index (χ3n) is 4.48. The highest BCUT2D eigenvalue weighted by Crippen LogP contribution is 2.43. The number of esters is 2. The van der Waals surface area contributed by atoms with Crippen molar-refractivity contribution >= 4 is 11.9 Å². The molecule has 0 saturated heterocycles. The molecule has 0 heterocycles. The third kappa shape index (κ3) is 4.21. The van der Waals surface area contributed by atoms with Gasteiger partial charge in [0.1, 0.15) is 0 Å². The zero-order valence-electron chi connectivity index (χ0n) is 13.8. The van der Waals surface area contributed by atoms with E-state index in [1.807, 2.05) is 6.92 Å². The molecule has 4 heteroatoms. The lowest BCUT2D eigenvalue weighted by Crippen LogP contribution is -2.48. The van der Waals surface area contributed by atoms with Crippen molar-refractivity contribution in [2.45, 2.75) is 72.1 Å². The molecule has 1 saturated carbocycles. The Hall–Kier alpha value is -1.06. The number of carbonyl (C=O) groups excluding carboxylic acids is 2. The minimum Gasteiger partial charge on any atom is -0.465 e. The average molecular weight is 298 g/mol. The molecule has 21 heavy (non-hydrogen) atoms. The van der Waals surface area contributed by atoms with Crippen LogP contribution in [0.25, 0.3) is 0 Å². The van der Waals surface area contributed by atoms with Gasteiger partial charge in [0, 0.05) is 0 Å². The first-order chi connectivity index (χ1) is 10.1. The maximum Gasteiger partial charge on any atom is 0.323 e. The van der Waals surface area contributed by atoms with Crippen molar-refractivity contribution in [2.75, 3.05) is 13.2 Å². The Morgan fingerprint density at radius 2 is 1.38 bits per heavy atom. The van der Waals surface area contributed by atoms with Crippen molar-refractivity contribution in [2.24, 2.45) is 11.3 Å². The van der Waals surface area contributed by atoms with Crippen molar-refractivity contribution in [3.8, 4) is 0 Å². The molecule has 1 aliphatic carbocycles. The quantitative estimate of drug-likeness (QED) is 0.407. The second-order valence-corrected chi connectivity index (χ2v) is 5.85. The minimum absolute atomic E-state index is 0.0537. The molecule has 0 unspecified atom stereocenters. The van der Waals surface area contributed by atoms with Crippen LogP contribution in [0.3, 0.4) is 0 Å². The van der Waals surface area contributed by atoms with E-state index in [9.17, 15) is 9.59 Å². The molecule has 1 rings (SSSR count). The highest BCUT2D eigenvalue weighted by atomic mass is 16.6. The zero-order valence-corrected chi connectivity index (χ0v) is 13.8. The van der Waals surface area contributed by atoms with Crippen LogP contribution in [0, 0.1) is 11.3 Å². The van der Waals surface area contributed by atoms with Crippen molar-refractivity contribution in [1.29, 1.82) is 0 Å². The zero-order chi connectivity index (χ0) is 15.7.